The Labute approximate surface area is 287 Å². The van der Waals surface area contributed by atoms with Crippen LogP contribution in [0.25, 0.3) is 11.0 Å². The summed E-state index contributed by atoms with van der Waals surface area (Å²) in [5.74, 6) is 1.47. The van der Waals surface area contributed by atoms with Crippen molar-refractivity contribution in [1.29, 1.82) is 0 Å². The minimum Gasteiger partial charge on any atom is -0.387 e. The van der Waals surface area contributed by atoms with Crippen molar-refractivity contribution < 1.29 is 19.0 Å². The lowest BCUT2D eigenvalue weighted by Crippen LogP contribution is -2.26. The molecule has 1 unspecified atom stereocenters. The summed E-state index contributed by atoms with van der Waals surface area (Å²) in [7, 11) is -0.588. The Kier molecular flexibility index (Phi) is 16.3. The molecule has 0 saturated heterocycles. The molecule has 1 aliphatic rings. The zero-order valence-corrected chi connectivity index (χ0v) is 30.7. The van der Waals surface area contributed by atoms with Gasteiger partial charge in [-0.05, 0) is 87.8 Å². The van der Waals surface area contributed by atoms with Crippen LogP contribution in [-0.4, -0.2) is 82.3 Å². The number of aromatic nitrogens is 2. The number of nitrogens with two attached hydrogens (primary N) is 1. The highest BCUT2D eigenvalue weighted by atomic mass is 32.3. The van der Waals surface area contributed by atoms with E-state index in [1.165, 1.54) is 6.07 Å². The van der Waals surface area contributed by atoms with Gasteiger partial charge in [0.05, 0.1) is 25.0 Å². The monoisotopic (exact) mass is 679 g/mol. The number of aliphatic imine (C=N–C) groups is 2. The maximum absolute atomic E-state index is 15.1. The van der Waals surface area contributed by atoms with Crippen LogP contribution in [0.4, 0.5) is 4.39 Å². The number of benzene rings is 2. The van der Waals surface area contributed by atoms with Gasteiger partial charge in [0.15, 0.2) is 0 Å². The Morgan fingerprint density at radius 2 is 1.65 bits per heavy atom. The number of aryl methyl sites for hydroxylation is 1. The minimum absolute atomic E-state index is 0. The lowest BCUT2D eigenvalue weighted by Gasteiger charge is -2.24. The Hall–Kier alpha value is -3.70. The van der Waals surface area contributed by atoms with E-state index in [9.17, 15) is 5.11 Å². The Morgan fingerprint density at radius 1 is 1.04 bits per heavy atom. The lowest BCUT2D eigenvalue weighted by molar-refractivity contribution is -0.0980. The van der Waals surface area contributed by atoms with Gasteiger partial charge in [0.25, 0.3) is 0 Å². The molecular weight excluding hydrogens is 626 g/mol. The Morgan fingerprint density at radius 3 is 2.17 bits per heavy atom. The number of aliphatic hydroxyl groups excluding tert-OH is 1. The molecule has 10 heteroatoms. The van der Waals surface area contributed by atoms with Gasteiger partial charge < -0.3 is 24.9 Å². The first-order valence-corrected chi connectivity index (χ1v) is 18.9. The number of halogens is 1. The summed E-state index contributed by atoms with van der Waals surface area (Å²) in [6.07, 6.45) is 10.7. The average Bonchev–Trinajstić information content (AvgIpc) is 3.61. The van der Waals surface area contributed by atoms with Crippen molar-refractivity contribution in [1.82, 2.24) is 9.55 Å². The first-order valence-electron chi connectivity index (χ1n) is 15.9. The molecule has 0 saturated carbocycles. The summed E-state index contributed by atoms with van der Waals surface area (Å²) in [6.45, 7) is 13.4. The number of nitrogens with zero attached hydrogens (tertiary/aromatic N) is 4. The predicted octanol–water partition coefficient (Wildman–Crippen LogP) is 6.76. The molecule has 0 spiro atoms. The number of rotatable bonds is 10. The number of amidine groups is 1. The van der Waals surface area contributed by atoms with E-state index >= 15 is 4.39 Å². The Bertz CT molecular complexity index is 1590. The summed E-state index contributed by atoms with van der Waals surface area (Å²) in [5, 5.41) is 11.5. The molecule has 3 heterocycles. The molecule has 8 nitrogen and oxygen atoms in total. The third kappa shape index (κ3) is 14.6. The van der Waals surface area contributed by atoms with E-state index in [2.05, 4.69) is 46.9 Å². The second kappa shape index (κ2) is 19.3. The first kappa shape index (κ1) is 40.5. The van der Waals surface area contributed by atoms with E-state index < -0.39 is 16.1 Å². The number of hydrogen-bond acceptors (Lipinski definition) is 7. The molecule has 48 heavy (non-hydrogen) atoms. The zero-order chi connectivity index (χ0) is 35.9. The maximum Gasteiger partial charge on any atom is 0.142 e. The first-order chi connectivity index (χ1) is 22.6. The van der Waals surface area contributed by atoms with Gasteiger partial charge >= 0.3 is 0 Å². The van der Waals surface area contributed by atoms with Gasteiger partial charge in [-0.3, -0.25) is 4.99 Å². The van der Waals surface area contributed by atoms with Gasteiger partial charge in [0.2, 0.25) is 0 Å². The van der Waals surface area contributed by atoms with Crippen molar-refractivity contribution in [3.63, 3.8) is 0 Å². The van der Waals surface area contributed by atoms with Gasteiger partial charge in [0, 0.05) is 41.9 Å². The fraction of sp³-hybridized carbons (Fsp3) is 0.421. The highest BCUT2D eigenvalue weighted by Gasteiger charge is 2.19. The summed E-state index contributed by atoms with van der Waals surface area (Å²) >= 11 is 0. The number of pyridine rings is 1. The van der Waals surface area contributed by atoms with E-state index in [0.717, 1.165) is 40.1 Å². The second-order valence-corrected chi connectivity index (χ2v) is 18.2. The largest absolute Gasteiger partial charge is 0.387 e. The molecule has 0 fully saturated rings. The van der Waals surface area contributed by atoms with E-state index in [0.29, 0.717) is 43.2 Å². The quantitative estimate of drug-likeness (QED) is 0.180. The molecule has 2 aromatic heterocycles. The molecule has 4 aromatic rings. The molecular formula is C38H54FN5O3S. The molecule has 2 aromatic carbocycles. The van der Waals surface area contributed by atoms with Crippen LogP contribution in [0.2, 0.25) is 0 Å². The molecule has 1 atom stereocenters. The van der Waals surface area contributed by atoms with Gasteiger partial charge in [-0.15, -0.1) is 0 Å². The number of carbonyl (C=O) groups excluding carboxylic acids is 1. The summed E-state index contributed by atoms with van der Waals surface area (Å²) in [4.78, 5) is 21.0. The van der Waals surface area contributed by atoms with Crippen LogP contribution in [0.15, 0.2) is 83.0 Å². The minimum atomic E-state index is -0.754. The van der Waals surface area contributed by atoms with Gasteiger partial charge in [-0.2, -0.15) is 0 Å². The molecule has 0 aliphatic carbocycles. The van der Waals surface area contributed by atoms with Crippen molar-refractivity contribution in [2.45, 2.75) is 65.8 Å². The predicted molar refractivity (Wildman–Crippen MR) is 202 cm³/mol. The van der Waals surface area contributed by atoms with Crippen LogP contribution < -0.4 is 5.73 Å². The topological polar surface area (TPSA) is 115 Å². The smallest absolute Gasteiger partial charge is 0.142 e. The normalized spacial score (nSPS) is 13.6. The summed E-state index contributed by atoms with van der Waals surface area (Å²) < 4.78 is 23.0. The number of fused-ring (bicyclic) bond motifs is 1. The SMILES string of the molecule is C=O.CC(C)(C)N.CC1=NCC(C(O)Cc2ccc(Cc3ccnc4c3c(C)cn4COCCS(C)(C)C)c(F)c2)=N1.c1ccccc1. The lowest BCUT2D eigenvalue weighted by atomic mass is 9.98. The molecule has 0 bridgehead atoms. The zero-order valence-electron chi connectivity index (χ0n) is 29.9. The van der Waals surface area contributed by atoms with E-state index in [1.54, 1.807) is 13.1 Å². The number of aliphatic hydroxyl groups is 1. The Balaban J connectivity index is 0.000000520. The maximum atomic E-state index is 15.1. The second-order valence-electron chi connectivity index (χ2n) is 13.6. The van der Waals surface area contributed by atoms with Crippen LogP contribution in [0.1, 0.15) is 49.9 Å². The van der Waals surface area contributed by atoms with E-state index in [-0.39, 0.29) is 11.4 Å². The molecule has 5 rings (SSSR count). The molecule has 0 radical (unpaired) electrons. The highest BCUT2D eigenvalue weighted by molar-refractivity contribution is 8.32. The van der Waals surface area contributed by atoms with E-state index in [1.807, 2.05) is 86.7 Å². The van der Waals surface area contributed by atoms with Crippen molar-refractivity contribution in [3.05, 3.63) is 101 Å². The molecule has 262 valence electrons. The highest BCUT2D eigenvalue weighted by Crippen LogP contribution is 2.33. The summed E-state index contributed by atoms with van der Waals surface area (Å²) in [5.41, 5.74) is 10.3. The van der Waals surface area contributed by atoms with Crippen molar-refractivity contribution in [2.75, 3.05) is 37.7 Å². The van der Waals surface area contributed by atoms with Crippen LogP contribution in [0.3, 0.4) is 0 Å². The number of hydrogen-bond donors (Lipinski definition) is 2. The van der Waals surface area contributed by atoms with Gasteiger partial charge in [0.1, 0.15) is 30.8 Å². The third-order valence-electron chi connectivity index (χ3n) is 6.86. The average molecular weight is 680 g/mol. The molecule has 0 amide bonds. The van der Waals surface area contributed by atoms with Crippen LogP contribution >= 0.6 is 10.0 Å². The summed E-state index contributed by atoms with van der Waals surface area (Å²) in [6, 6.07) is 19.2. The van der Waals surface area contributed by atoms with Crippen molar-refractivity contribution in [3.8, 4) is 0 Å². The van der Waals surface area contributed by atoms with Gasteiger partial charge in [-0.25, -0.2) is 24.4 Å². The van der Waals surface area contributed by atoms with Gasteiger partial charge in [-0.1, -0.05) is 48.5 Å². The fourth-order valence-corrected chi connectivity index (χ4v) is 5.28. The van der Waals surface area contributed by atoms with Crippen LogP contribution in [0.5, 0.6) is 0 Å². The third-order valence-corrected chi connectivity index (χ3v) is 8.25. The van der Waals surface area contributed by atoms with Crippen molar-refractivity contribution >= 4 is 39.4 Å². The van der Waals surface area contributed by atoms with Crippen LogP contribution in [0, 0.1) is 12.7 Å². The standard InChI is InChI=1S/C27H35FN4O2S.C6H6.C4H11N.CH2O/c1-18-16-32(17-34-10-11-35(3,4)5)27-26(18)22(8-9-29-27)14-21-7-6-20(12-23(21)28)13-25(33)24-15-30-19(2)31-24;1-2-4-6-5-3-1;1-4(2,3)5;1-2/h6-9,12,16,25,33H,10-11,13-15,17H2,1-5H3;1-6H;5H2,1-3H3;1H2. The number of carbonyl (C=O) groups is 1. The fourth-order valence-electron chi connectivity index (χ4n) is 4.66. The van der Waals surface area contributed by atoms with Crippen LogP contribution in [-0.2, 0) is 29.1 Å². The van der Waals surface area contributed by atoms with Crippen molar-refractivity contribution in [2.24, 2.45) is 15.7 Å². The van der Waals surface area contributed by atoms with E-state index in [4.69, 9.17) is 15.3 Å². The molecule has 3 N–H and O–H groups in total. The number of ether oxygens (including phenoxy) is 1. The molecule has 1 aliphatic heterocycles.